The summed E-state index contributed by atoms with van der Waals surface area (Å²) in [5, 5.41) is 6.80. The fourth-order valence-corrected chi connectivity index (χ4v) is 1.57. The van der Waals surface area contributed by atoms with Gasteiger partial charge in [-0.05, 0) is 6.07 Å². The van der Waals surface area contributed by atoms with Crippen LogP contribution >= 0.6 is 23.2 Å². The Kier molecular flexibility index (Phi) is 2.95. The first-order valence-corrected chi connectivity index (χ1v) is 5.02. The topological polar surface area (TPSA) is 104 Å². The first-order chi connectivity index (χ1) is 7.99. The number of rotatable bonds is 1. The van der Waals surface area contributed by atoms with Crippen molar-refractivity contribution in [3.05, 3.63) is 22.2 Å². The van der Waals surface area contributed by atoms with Gasteiger partial charge in [0.15, 0.2) is 16.8 Å². The van der Waals surface area contributed by atoms with Gasteiger partial charge in [0.2, 0.25) is 5.95 Å². The van der Waals surface area contributed by atoms with Crippen molar-refractivity contribution in [1.29, 1.82) is 0 Å². The summed E-state index contributed by atoms with van der Waals surface area (Å²) in [4.78, 5) is 7.27. The SMILES string of the molecule is Nc1nnc(-c2cc(F)c(Cl)nc2Cl)c(N)n1. The van der Waals surface area contributed by atoms with Crippen LogP contribution in [0.5, 0.6) is 0 Å². The predicted molar refractivity (Wildman–Crippen MR) is 61.9 cm³/mol. The minimum Gasteiger partial charge on any atom is -0.382 e. The van der Waals surface area contributed by atoms with E-state index in [1.54, 1.807) is 0 Å². The maximum Gasteiger partial charge on any atom is 0.242 e. The third kappa shape index (κ3) is 2.20. The zero-order chi connectivity index (χ0) is 12.6. The number of nitrogens with two attached hydrogens (primary N) is 2. The molecule has 88 valence electrons. The van der Waals surface area contributed by atoms with Gasteiger partial charge in [0, 0.05) is 5.56 Å². The monoisotopic (exact) mass is 274 g/mol. The van der Waals surface area contributed by atoms with Crippen LogP contribution in [0.2, 0.25) is 10.3 Å². The fourth-order valence-electron chi connectivity index (χ4n) is 1.15. The molecule has 2 rings (SSSR count). The number of aromatic nitrogens is 4. The molecule has 0 aliphatic carbocycles. The normalized spacial score (nSPS) is 10.5. The standard InChI is InChI=1S/C8H5Cl2FN6/c9-5-2(1-3(11)6(10)14-5)4-7(12)15-8(13)17-16-4/h1H,(H4,12,13,15,17). The van der Waals surface area contributed by atoms with Crippen LogP contribution in [0.25, 0.3) is 11.3 Å². The number of hydrogen-bond acceptors (Lipinski definition) is 6. The fraction of sp³-hybridized carbons (Fsp3) is 0. The number of anilines is 2. The second kappa shape index (κ2) is 4.27. The first-order valence-electron chi connectivity index (χ1n) is 4.26. The molecule has 0 fully saturated rings. The molecule has 0 aliphatic rings. The smallest absolute Gasteiger partial charge is 0.242 e. The molecule has 4 N–H and O–H groups in total. The van der Waals surface area contributed by atoms with E-state index in [0.29, 0.717) is 0 Å². The van der Waals surface area contributed by atoms with Gasteiger partial charge in [-0.25, -0.2) is 9.37 Å². The molecule has 2 aromatic rings. The van der Waals surface area contributed by atoms with E-state index in [-0.39, 0.29) is 33.3 Å². The average molecular weight is 275 g/mol. The highest BCUT2D eigenvalue weighted by Gasteiger charge is 2.15. The quantitative estimate of drug-likeness (QED) is 0.765. The van der Waals surface area contributed by atoms with Crippen molar-refractivity contribution in [2.75, 3.05) is 11.5 Å². The lowest BCUT2D eigenvalue weighted by Crippen LogP contribution is -2.05. The molecule has 0 saturated heterocycles. The highest BCUT2D eigenvalue weighted by molar-refractivity contribution is 6.34. The van der Waals surface area contributed by atoms with Crippen molar-refractivity contribution in [3.8, 4) is 11.3 Å². The largest absolute Gasteiger partial charge is 0.382 e. The van der Waals surface area contributed by atoms with Crippen LogP contribution < -0.4 is 11.5 Å². The summed E-state index contributed by atoms with van der Waals surface area (Å²) in [6.07, 6.45) is 0. The molecular weight excluding hydrogens is 270 g/mol. The van der Waals surface area contributed by atoms with Crippen molar-refractivity contribution in [3.63, 3.8) is 0 Å². The van der Waals surface area contributed by atoms with Crippen molar-refractivity contribution in [2.45, 2.75) is 0 Å². The average Bonchev–Trinajstić information content (AvgIpc) is 2.24. The number of pyridine rings is 1. The van der Waals surface area contributed by atoms with E-state index in [9.17, 15) is 4.39 Å². The van der Waals surface area contributed by atoms with E-state index in [2.05, 4.69) is 20.2 Å². The number of nitrogen functional groups attached to an aromatic ring is 2. The molecule has 0 spiro atoms. The minimum absolute atomic E-state index is 0.0251. The van der Waals surface area contributed by atoms with E-state index >= 15 is 0 Å². The second-order valence-electron chi connectivity index (χ2n) is 3.00. The number of nitrogens with zero attached hydrogens (tertiary/aromatic N) is 4. The van der Waals surface area contributed by atoms with Crippen LogP contribution in [-0.4, -0.2) is 20.2 Å². The molecule has 0 unspecified atom stereocenters. The summed E-state index contributed by atoms with van der Waals surface area (Å²) < 4.78 is 13.3. The maximum atomic E-state index is 13.3. The lowest BCUT2D eigenvalue weighted by molar-refractivity contribution is 0.622. The lowest BCUT2D eigenvalue weighted by atomic mass is 10.2. The Morgan fingerprint density at radius 2 is 1.76 bits per heavy atom. The molecule has 2 aromatic heterocycles. The zero-order valence-electron chi connectivity index (χ0n) is 8.15. The van der Waals surface area contributed by atoms with Crippen LogP contribution in [0.1, 0.15) is 0 Å². The van der Waals surface area contributed by atoms with Gasteiger partial charge in [-0.2, -0.15) is 4.98 Å². The Labute approximate surface area is 105 Å². The van der Waals surface area contributed by atoms with Crippen molar-refractivity contribution in [1.82, 2.24) is 20.2 Å². The molecule has 0 amide bonds. The van der Waals surface area contributed by atoms with Crippen LogP contribution in [0.3, 0.4) is 0 Å². The Bertz CT molecular complexity index is 590. The van der Waals surface area contributed by atoms with E-state index in [1.807, 2.05) is 0 Å². The second-order valence-corrected chi connectivity index (χ2v) is 3.72. The van der Waals surface area contributed by atoms with Gasteiger partial charge in [-0.15, -0.1) is 10.2 Å². The van der Waals surface area contributed by atoms with Crippen LogP contribution in [-0.2, 0) is 0 Å². The Morgan fingerprint density at radius 1 is 1.06 bits per heavy atom. The van der Waals surface area contributed by atoms with E-state index in [4.69, 9.17) is 34.7 Å². The summed E-state index contributed by atoms with van der Waals surface area (Å²) in [7, 11) is 0. The summed E-state index contributed by atoms with van der Waals surface area (Å²) >= 11 is 11.3. The molecular formula is C8H5Cl2FN6. The molecule has 6 nitrogen and oxygen atoms in total. The molecule has 0 atom stereocenters. The molecule has 0 saturated carbocycles. The van der Waals surface area contributed by atoms with Gasteiger partial charge in [0.25, 0.3) is 0 Å². The van der Waals surface area contributed by atoms with Gasteiger partial charge in [0.05, 0.1) is 0 Å². The third-order valence-corrected chi connectivity index (χ3v) is 2.43. The molecule has 17 heavy (non-hydrogen) atoms. The maximum absolute atomic E-state index is 13.3. The van der Waals surface area contributed by atoms with Gasteiger partial charge in [-0.3, -0.25) is 0 Å². The summed E-state index contributed by atoms with van der Waals surface area (Å²) in [5.74, 6) is -0.864. The van der Waals surface area contributed by atoms with E-state index in [1.165, 1.54) is 0 Å². The summed E-state index contributed by atoms with van der Waals surface area (Å²) in [6.45, 7) is 0. The van der Waals surface area contributed by atoms with Crippen molar-refractivity contribution < 1.29 is 4.39 Å². The lowest BCUT2D eigenvalue weighted by Gasteiger charge is -2.05. The molecule has 0 radical (unpaired) electrons. The summed E-state index contributed by atoms with van der Waals surface area (Å²) in [5.41, 5.74) is 11.1. The molecule has 0 aromatic carbocycles. The minimum atomic E-state index is -0.746. The highest BCUT2D eigenvalue weighted by Crippen LogP contribution is 2.30. The van der Waals surface area contributed by atoms with Crippen LogP contribution in [0.15, 0.2) is 6.07 Å². The molecule has 0 bridgehead atoms. The van der Waals surface area contributed by atoms with Gasteiger partial charge in [-0.1, -0.05) is 23.2 Å². The van der Waals surface area contributed by atoms with Crippen LogP contribution in [0.4, 0.5) is 16.2 Å². The first kappa shape index (κ1) is 11.7. The summed E-state index contributed by atoms with van der Waals surface area (Å²) in [6, 6.07) is 1.05. The number of halogens is 3. The van der Waals surface area contributed by atoms with Gasteiger partial charge in [0.1, 0.15) is 10.8 Å². The van der Waals surface area contributed by atoms with E-state index in [0.717, 1.165) is 6.07 Å². The molecule has 9 heteroatoms. The Balaban J connectivity index is 2.64. The van der Waals surface area contributed by atoms with Crippen LogP contribution in [0, 0.1) is 5.82 Å². The highest BCUT2D eigenvalue weighted by atomic mass is 35.5. The number of hydrogen-bond donors (Lipinski definition) is 2. The molecule has 2 heterocycles. The van der Waals surface area contributed by atoms with Crippen molar-refractivity contribution >= 4 is 35.0 Å². The Hall–Kier alpha value is -1.73. The van der Waals surface area contributed by atoms with Crippen molar-refractivity contribution in [2.24, 2.45) is 0 Å². The third-order valence-electron chi connectivity index (χ3n) is 1.87. The Morgan fingerprint density at radius 3 is 2.41 bits per heavy atom. The van der Waals surface area contributed by atoms with Gasteiger partial charge < -0.3 is 11.5 Å². The van der Waals surface area contributed by atoms with E-state index < -0.39 is 5.82 Å². The zero-order valence-corrected chi connectivity index (χ0v) is 9.67. The molecule has 0 aliphatic heterocycles. The van der Waals surface area contributed by atoms with Gasteiger partial charge >= 0.3 is 0 Å². The predicted octanol–water partition coefficient (Wildman–Crippen LogP) is 1.54.